The van der Waals surface area contributed by atoms with Crippen LogP contribution in [0, 0.1) is 0 Å². The standard InChI is InChI=1S/C18H22Cl2N12O2/c19-8-3-7(9(21)4-10(8)22)15(33)31-18(26)32-2-1-6(5-32)27-17(25)30-16(34)11-13(23)29-14(24)12(20)28-11/h3-4,6H,1-2,5,21-22H2,(H4,23,24,29)(H2,26,31,33)(H3,25,27,30,34)/t6-/m1/s1. The fraction of sp³-hybridized carbons (Fsp3) is 0.222. The number of rotatable bonds is 3. The van der Waals surface area contributed by atoms with E-state index >= 15 is 0 Å². The van der Waals surface area contributed by atoms with Gasteiger partial charge in [-0.1, -0.05) is 23.2 Å². The molecule has 13 N–H and O–H groups in total. The minimum absolute atomic E-state index is 0.0206. The molecular weight excluding hydrogens is 487 g/mol. The Morgan fingerprint density at radius 3 is 2.41 bits per heavy atom. The van der Waals surface area contributed by atoms with E-state index < -0.39 is 11.8 Å². The number of benzene rings is 1. The molecule has 1 fully saturated rings. The predicted octanol–water partition coefficient (Wildman–Crippen LogP) is -0.614. The molecule has 0 bridgehead atoms. The van der Waals surface area contributed by atoms with Gasteiger partial charge >= 0.3 is 5.91 Å². The SMILES string of the molecule is N/C(=N\C(=O)c1nc(Cl)c(N)nc1N)N[C@@H]1CCN(/C(N)=N/C(=O)c2cc(Cl)c(N)cc2N)C1. The van der Waals surface area contributed by atoms with E-state index in [1.807, 2.05) is 0 Å². The van der Waals surface area contributed by atoms with Crippen molar-refractivity contribution in [2.24, 2.45) is 21.5 Å². The van der Waals surface area contributed by atoms with Crippen molar-refractivity contribution in [2.45, 2.75) is 12.5 Å². The molecule has 34 heavy (non-hydrogen) atoms. The van der Waals surface area contributed by atoms with Gasteiger partial charge in [-0.2, -0.15) is 9.98 Å². The van der Waals surface area contributed by atoms with Crippen LogP contribution in [0.25, 0.3) is 0 Å². The molecule has 1 aromatic heterocycles. The maximum atomic E-state index is 12.5. The van der Waals surface area contributed by atoms with E-state index in [-0.39, 0.29) is 62.4 Å². The van der Waals surface area contributed by atoms with E-state index in [0.29, 0.717) is 19.5 Å². The monoisotopic (exact) mass is 508 g/mol. The number of nitrogens with two attached hydrogens (primary N) is 6. The number of nitrogens with one attached hydrogen (secondary N) is 1. The number of aromatic nitrogens is 2. The predicted molar refractivity (Wildman–Crippen MR) is 131 cm³/mol. The summed E-state index contributed by atoms with van der Waals surface area (Å²) < 4.78 is 0. The quantitative estimate of drug-likeness (QED) is 0.155. The molecule has 2 heterocycles. The summed E-state index contributed by atoms with van der Waals surface area (Å²) in [7, 11) is 0. The van der Waals surface area contributed by atoms with Crippen molar-refractivity contribution >= 4 is 69.9 Å². The molecule has 3 rings (SSSR count). The summed E-state index contributed by atoms with van der Waals surface area (Å²) in [5.41, 5.74) is 34.6. The van der Waals surface area contributed by atoms with E-state index in [9.17, 15) is 9.59 Å². The highest BCUT2D eigenvalue weighted by Crippen LogP contribution is 2.26. The molecule has 16 heteroatoms. The number of nitrogen functional groups attached to an aromatic ring is 4. The van der Waals surface area contributed by atoms with E-state index in [4.69, 9.17) is 57.6 Å². The first-order chi connectivity index (χ1) is 16.0. The zero-order valence-electron chi connectivity index (χ0n) is 17.6. The number of anilines is 4. The van der Waals surface area contributed by atoms with Crippen LogP contribution in [-0.4, -0.2) is 57.7 Å². The molecule has 0 radical (unpaired) electrons. The fourth-order valence-corrected chi connectivity index (χ4v) is 3.41. The van der Waals surface area contributed by atoms with Crippen molar-refractivity contribution in [1.82, 2.24) is 20.2 Å². The normalized spacial score (nSPS) is 16.5. The minimum atomic E-state index is -0.849. The number of likely N-dealkylation sites (tertiary alicyclic amines) is 1. The van der Waals surface area contributed by atoms with Gasteiger partial charge in [0, 0.05) is 24.8 Å². The van der Waals surface area contributed by atoms with E-state index in [1.54, 1.807) is 4.90 Å². The molecule has 2 aromatic rings. The molecule has 0 unspecified atom stereocenters. The van der Waals surface area contributed by atoms with Crippen LogP contribution in [-0.2, 0) is 0 Å². The maximum Gasteiger partial charge on any atom is 0.302 e. The minimum Gasteiger partial charge on any atom is -0.398 e. The molecule has 1 aliphatic rings. The van der Waals surface area contributed by atoms with Gasteiger partial charge in [-0.3, -0.25) is 9.59 Å². The zero-order chi connectivity index (χ0) is 25.2. The third kappa shape index (κ3) is 5.47. The van der Waals surface area contributed by atoms with Gasteiger partial charge in [0.1, 0.15) is 0 Å². The van der Waals surface area contributed by atoms with E-state index in [1.165, 1.54) is 12.1 Å². The Labute approximate surface area is 203 Å². The zero-order valence-corrected chi connectivity index (χ0v) is 19.1. The van der Waals surface area contributed by atoms with Crippen molar-refractivity contribution in [3.63, 3.8) is 0 Å². The van der Waals surface area contributed by atoms with Crippen LogP contribution < -0.4 is 39.7 Å². The van der Waals surface area contributed by atoms with Gasteiger partial charge in [0.15, 0.2) is 34.4 Å². The highest BCUT2D eigenvalue weighted by Gasteiger charge is 2.26. The van der Waals surface area contributed by atoms with Crippen molar-refractivity contribution < 1.29 is 9.59 Å². The highest BCUT2D eigenvalue weighted by atomic mass is 35.5. The van der Waals surface area contributed by atoms with Crippen LogP contribution in [0.4, 0.5) is 23.0 Å². The average Bonchev–Trinajstić information content (AvgIpc) is 3.21. The number of aliphatic imine (C=N–C) groups is 2. The molecule has 180 valence electrons. The largest absolute Gasteiger partial charge is 0.398 e. The van der Waals surface area contributed by atoms with Crippen LogP contribution in [0.1, 0.15) is 27.3 Å². The van der Waals surface area contributed by atoms with Gasteiger partial charge in [0.2, 0.25) is 0 Å². The molecule has 14 nitrogen and oxygen atoms in total. The number of guanidine groups is 2. The summed E-state index contributed by atoms with van der Waals surface area (Å²) in [6.45, 7) is 0.798. The fourth-order valence-electron chi connectivity index (χ4n) is 3.12. The smallest absolute Gasteiger partial charge is 0.302 e. The third-order valence-corrected chi connectivity index (χ3v) is 5.41. The summed E-state index contributed by atoms with van der Waals surface area (Å²) in [5, 5.41) is 2.88. The molecule has 1 atom stereocenters. The number of halogens is 2. The Morgan fingerprint density at radius 1 is 1.00 bits per heavy atom. The average molecular weight is 509 g/mol. The highest BCUT2D eigenvalue weighted by molar-refractivity contribution is 6.33. The number of hydrogen-bond donors (Lipinski definition) is 7. The van der Waals surface area contributed by atoms with Gasteiger partial charge in [0.25, 0.3) is 5.91 Å². The second-order valence-electron chi connectivity index (χ2n) is 7.25. The second-order valence-corrected chi connectivity index (χ2v) is 8.01. The summed E-state index contributed by atoms with van der Waals surface area (Å²) in [6, 6.07) is 2.46. The Kier molecular flexibility index (Phi) is 7.12. The number of nitrogens with zero attached hydrogens (tertiary/aromatic N) is 5. The first-order valence-electron chi connectivity index (χ1n) is 9.67. The van der Waals surface area contributed by atoms with Gasteiger partial charge < -0.3 is 44.6 Å². The Balaban J connectivity index is 1.64. The van der Waals surface area contributed by atoms with Crippen LogP contribution in [0.5, 0.6) is 0 Å². The summed E-state index contributed by atoms with van der Waals surface area (Å²) in [5.74, 6) is -2.06. The maximum absolute atomic E-state index is 12.5. The third-order valence-electron chi connectivity index (χ3n) is 4.81. The van der Waals surface area contributed by atoms with E-state index in [0.717, 1.165) is 0 Å². The van der Waals surface area contributed by atoms with Crippen molar-refractivity contribution in [1.29, 1.82) is 0 Å². The lowest BCUT2D eigenvalue weighted by Gasteiger charge is -2.18. The number of carbonyl (C=O) groups excluding carboxylic acids is 2. The number of hydrogen-bond acceptors (Lipinski definition) is 8. The Hall–Kier alpha value is -4.04. The summed E-state index contributed by atoms with van der Waals surface area (Å²) in [6.07, 6.45) is 0.570. The molecular formula is C18H22Cl2N12O2. The first-order valence-corrected chi connectivity index (χ1v) is 10.4. The summed E-state index contributed by atoms with van der Waals surface area (Å²) >= 11 is 11.7. The molecule has 1 aliphatic heterocycles. The summed E-state index contributed by atoms with van der Waals surface area (Å²) in [4.78, 5) is 41.6. The Bertz CT molecular complexity index is 1220. The molecule has 0 spiro atoms. The lowest BCUT2D eigenvalue weighted by molar-refractivity contribution is 0.0991. The van der Waals surface area contributed by atoms with Crippen LogP contribution in [0.15, 0.2) is 22.1 Å². The lowest BCUT2D eigenvalue weighted by atomic mass is 10.1. The molecule has 1 saturated heterocycles. The Morgan fingerprint density at radius 2 is 1.71 bits per heavy atom. The van der Waals surface area contributed by atoms with Gasteiger partial charge in [-0.25, -0.2) is 9.97 Å². The molecule has 2 amide bonds. The van der Waals surface area contributed by atoms with E-state index in [2.05, 4.69) is 25.3 Å². The van der Waals surface area contributed by atoms with Crippen molar-refractivity contribution in [3.8, 4) is 0 Å². The molecule has 1 aromatic carbocycles. The van der Waals surface area contributed by atoms with Gasteiger partial charge in [0.05, 0.1) is 16.3 Å². The van der Waals surface area contributed by atoms with Crippen LogP contribution in [0.2, 0.25) is 10.2 Å². The number of carbonyl (C=O) groups is 2. The van der Waals surface area contributed by atoms with Crippen molar-refractivity contribution in [2.75, 3.05) is 36.0 Å². The van der Waals surface area contributed by atoms with Crippen molar-refractivity contribution in [3.05, 3.63) is 33.6 Å². The second kappa shape index (κ2) is 9.84. The van der Waals surface area contributed by atoms with Gasteiger partial charge in [-0.05, 0) is 18.6 Å². The van der Waals surface area contributed by atoms with Gasteiger partial charge in [-0.15, -0.1) is 0 Å². The first kappa shape index (κ1) is 24.6. The molecule has 0 saturated carbocycles. The number of amides is 2. The van der Waals surface area contributed by atoms with Crippen LogP contribution >= 0.6 is 23.2 Å². The lowest BCUT2D eigenvalue weighted by Crippen LogP contribution is -2.44. The molecule has 0 aliphatic carbocycles. The van der Waals surface area contributed by atoms with Crippen LogP contribution in [0.3, 0.4) is 0 Å². The topological polar surface area (TPSA) is 256 Å².